The molecule has 0 aromatic rings. The lowest BCUT2D eigenvalue weighted by atomic mass is 9.98. The van der Waals surface area contributed by atoms with E-state index in [1.165, 1.54) is 154 Å². The Hall–Kier alpha value is -2.41. The first-order valence-corrected chi connectivity index (χ1v) is 29.6. The van der Waals surface area contributed by atoms with E-state index in [2.05, 4.69) is 57.2 Å². The summed E-state index contributed by atoms with van der Waals surface area (Å²) in [6, 6.07) is 0. The second-order valence-electron chi connectivity index (χ2n) is 20.4. The average Bonchev–Trinajstić information content (AvgIpc) is 3.72. The third-order valence-corrected chi connectivity index (χ3v) is 14.0. The molecule has 1 aliphatic carbocycles. The predicted molar refractivity (Wildman–Crippen MR) is 288 cm³/mol. The topological polar surface area (TPSA) is 99.1 Å². The molecule has 1 aliphatic rings. The van der Waals surface area contributed by atoms with Crippen LogP contribution in [0.3, 0.4) is 0 Å². The van der Waals surface area contributed by atoms with E-state index in [9.17, 15) is 19.5 Å². The number of esters is 3. The van der Waals surface area contributed by atoms with Crippen LogP contribution in [0.2, 0.25) is 0 Å². The standard InChI is InChI=1S/C61H110O7/c1-4-7-10-13-16-19-22-25-28-31-34-37-40-43-46-49-58(63)66-56-53-52-55(61(56)68-60(65)51-48-45-42-39-36-33-30-27-24-21-18-15-12-9-6-3)57(54-62)67-59(64)50-47-44-41-38-35-32-29-26-23-20-17-14-11-8-5-2/h25-30,55-57,61-62H,4-24,31-54H2,1-3H3/t55-,56+,57-,61+/m1/s1. The van der Waals surface area contributed by atoms with Crippen LogP contribution in [-0.4, -0.2) is 47.9 Å². The third kappa shape index (κ3) is 39.3. The molecule has 0 aromatic heterocycles. The molecule has 0 heterocycles. The fourth-order valence-electron chi connectivity index (χ4n) is 9.59. The minimum atomic E-state index is -0.808. The van der Waals surface area contributed by atoms with Crippen molar-refractivity contribution in [3.05, 3.63) is 36.5 Å². The monoisotopic (exact) mass is 955 g/mol. The largest absolute Gasteiger partial charge is 0.459 e. The van der Waals surface area contributed by atoms with Crippen molar-refractivity contribution in [2.75, 3.05) is 6.61 Å². The molecule has 0 aromatic carbocycles. The number of aliphatic hydroxyl groups excluding tert-OH is 1. The summed E-state index contributed by atoms with van der Waals surface area (Å²) in [4.78, 5) is 39.4. The molecule has 1 fully saturated rings. The quantitative estimate of drug-likeness (QED) is 0.0281. The van der Waals surface area contributed by atoms with Gasteiger partial charge in [-0.3, -0.25) is 14.4 Å². The number of ether oxygens (including phenoxy) is 3. The molecule has 1 N–H and O–H groups in total. The molecular formula is C61H110O7. The van der Waals surface area contributed by atoms with Gasteiger partial charge in [0.2, 0.25) is 0 Å². The highest BCUT2D eigenvalue weighted by atomic mass is 16.6. The number of carbonyl (C=O) groups is 3. The normalized spacial score (nSPS) is 16.7. The van der Waals surface area contributed by atoms with Crippen LogP contribution < -0.4 is 0 Å². The number of carbonyl (C=O) groups excluding carboxylic acids is 3. The summed E-state index contributed by atoms with van der Waals surface area (Å²) < 4.78 is 18.0. The van der Waals surface area contributed by atoms with E-state index >= 15 is 0 Å². The molecule has 68 heavy (non-hydrogen) atoms. The Morgan fingerprint density at radius 3 is 1.03 bits per heavy atom. The molecular weight excluding hydrogens is 845 g/mol. The molecule has 1 saturated carbocycles. The summed E-state index contributed by atoms with van der Waals surface area (Å²) in [7, 11) is 0. The van der Waals surface area contributed by atoms with Crippen LogP contribution in [0.5, 0.6) is 0 Å². The van der Waals surface area contributed by atoms with Crippen molar-refractivity contribution in [3.63, 3.8) is 0 Å². The lowest BCUT2D eigenvalue weighted by Gasteiger charge is -2.29. The van der Waals surface area contributed by atoms with Gasteiger partial charge >= 0.3 is 17.9 Å². The van der Waals surface area contributed by atoms with Gasteiger partial charge in [0.15, 0.2) is 0 Å². The Bertz CT molecular complexity index is 1220. The van der Waals surface area contributed by atoms with Crippen molar-refractivity contribution in [1.82, 2.24) is 0 Å². The van der Waals surface area contributed by atoms with Crippen LogP contribution in [-0.2, 0) is 28.6 Å². The van der Waals surface area contributed by atoms with Crippen LogP contribution in [0, 0.1) is 5.92 Å². The fraction of sp³-hybridized carbons (Fsp3) is 0.852. The number of hydrogen-bond donors (Lipinski definition) is 1. The zero-order valence-electron chi connectivity index (χ0n) is 45.0. The summed E-state index contributed by atoms with van der Waals surface area (Å²) in [5.41, 5.74) is 0. The van der Waals surface area contributed by atoms with Crippen molar-refractivity contribution in [2.24, 2.45) is 5.92 Å². The van der Waals surface area contributed by atoms with Crippen LogP contribution in [0.1, 0.15) is 303 Å². The van der Waals surface area contributed by atoms with Gasteiger partial charge in [-0.1, -0.05) is 211 Å². The molecule has 0 spiro atoms. The van der Waals surface area contributed by atoms with Crippen LogP contribution in [0.15, 0.2) is 36.5 Å². The van der Waals surface area contributed by atoms with Crippen molar-refractivity contribution >= 4 is 17.9 Å². The molecule has 0 aliphatic heterocycles. The molecule has 1 rings (SSSR count). The van der Waals surface area contributed by atoms with Gasteiger partial charge in [0, 0.05) is 25.2 Å². The minimum absolute atomic E-state index is 0.270. The fourth-order valence-corrected chi connectivity index (χ4v) is 9.59. The molecule has 0 amide bonds. The first-order chi connectivity index (χ1) is 33.5. The van der Waals surface area contributed by atoms with Crippen molar-refractivity contribution in [2.45, 2.75) is 322 Å². The van der Waals surface area contributed by atoms with E-state index in [1.54, 1.807) is 0 Å². The molecule has 0 saturated heterocycles. The molecule has 7 nitrogen and oxygen atoms in total. The average molecular weight is 956 g/mol. The van der Waals surface area contributed by atoms with Crippen LogP contribution >= 0.6 is 0 Å². The Labute approximate surface area is 420 Å². The number of hydrogen-bond acceptors (Lipinski definition) is 7. The lowest BCUT2D eigenvalue weighted by molar-refractivity contribution is -0.175. The SMILES string of the molecule is CCCCCCCCC=CCCCCCCCC(=O)O[C@H]1[C@@H]([C@@H](CO)OC(=O)CCCCCCCC=CCCCCCCCC)CC[C@@H]1OC(=O)CCCCCCCC=CCCCCCCCC. The zero-order valence-corrected chi connectivity index (χ0v) is 45.0. The minimum Gasteiger partial charge on any atom is -0.459 e. The summed E-state index contributed by atoms with van der Waals surface area (Å²) >= 11 is 0. The third-order valence-electron chi connectivity index (χ3n) is 14.0. The Morgan fingerprint density at radius 2 is 0.691 bits per heavy atom. The van der Waals surface area contributed by atoms with Crippen LogP contribution in [0.4, 0.5) is 0 Å². The molecule has 7 heteroatoms. The molecule has 4 atom stereocenters. The van der Waals surface area contributed by atoms with Gasteiger partial charge in [0.25, 0.3) is 0 Å². The summed E-state index contributed by atoms with van der Waals surface area (Å²) in [6.07, 6.45) is 60.3. The molecule has 396 valence electrons. The summed E-state index contributed by atoms with van der Waals surface area (Å²) in [5.74, 6) is -1.33. The van der Waals surface area contributed by atoms with Gasteiger partial charge < -0.3 is 19.3 Å². The lowest BCUT2D eigenvalue weighted by Crippen LogP contribution is -2.42. The van der Waals surface area contributed by atoms with Gasteiger partial charge in [-0.05, 0) is 109 Å². The summed E-state index contributed by atoms with van der Waals surface area (Å²) in [6.45, 7) is 6.42. The maximum absolute atomic E-state index is 13.3. The van der Waals surface area contributed by atoms with Crippen molar-refractivity contribution < 1.29 is 33.7 Å². The number of aliphatic hydroxyl groups is 1. The maximum Gasteiger partial charge on any atom is 0.306 e. The first-order valence-electron chi connectivity index (χ1n) is 29.6. The van der Waals surface area contributed by atoms with E-state index in [-0.39, 0.29) is 24.5 Å². The number of allylic oxidation sites excluding steroid dienone is 6. The van der Waals surface area contributed by atoms with Gasteiger partial charge in [-0.15, -0.1) is 0 Å². The molecule has 0 unspecified atom stereocenters. The van der Waals surface area contributed by atoms with Crippen LogP contribution in [0.25, 0.3) is 0 Å². The van der Waals surface area contributed by atoms with Gasteiger partial charge in [0.1, 0.15) is 18.3 Å². The Balaban J connectivity index is 2.51. The van der Waals surface area contributed by atoms with Gasteiger partial charge in [0.05, 0.1) is 6.61 Å². The number of rotatable bonds is 50. The Kier molecular flexibility index (Phi) is 46.4. The van der Waals surface area contributed by atoms with Crippen molar-refractivity contribution in [3.8, 4) is 0 Å². The van der Waals surface area contributed by atoms with E-state index in [0.29, 0.717) is 32.1 Å². The van der Waals surface area contributed by atoms with E-state index in [0.717, 1.165) is 96.3 Å². The van der Waals surface area contributed by atoms with Gasteiger partial charge in [-0.25, -0.2) is 0 Å². The van der Waals surface area contributed by atoms with E-state index < -0.39 is 24.2 Å². The molecule has 0 radical (unpaired) electrons. The number of unbranched alkanes of at least 4 members (excludes halogenated alkanes) is 33. The van der Waals surface area contributed by atoms with E-state index in [4.69, 9.17) is 14.2 Å². The highest BCUT2D eigenvalue weighted by Gasteiger charge is 2.46. The smallest absolute Gasteiger partial charge is 0.306 e. The second kappa shape index (κ2) is 49.6. The van der Waals surface area contributed by atoms with Crippen molar-refractivity contribution in [1.29, 1.82) is 0 Å². The van der Waals surface area contributed by atoms with Gasteiger partial charge in [-0.2, -0.15) is 0 Å². The second-order valence-corrected chi connectivity index (χ2v) is 20.4. The van der Waals surface area contributed by atoms with E-state index in [1.807, 2.05) is 0 Å². The molecule has 0 bridgehead atoms. The zero-order chi connectivity index (χ0) is 49.2. The first kappa shape index (κ1) is 63.6. The Morgan fingerprint density at radius 1 is 0.397 bits per heavy atom. The summed E-state index contributed by atoms with van der Waals surface area (Å²) in [5, 5.41) is 10.5. The highest BCUT2D eigenvalue weighted by Crippen LogP contribution is 2.36. The maximum atomic E-state index is 13.3. The predicted octanol–water partition coefficient (Wildman–Crippen LogP) is 18.2. The highest BCUT2D eigenvalue weighted by molar-refractivity contribution is 5.71.